The van der Waals surface area contributed by atoms with Crippen LogP contribution in [-0.2, 0) is 11.3 Å². The second kappa shape index (κ2) is 11.3. The number of benzene rings is 2. The maximum atomic E-state index is 12.1. The van der Waals surface area contributed by atoms with Gasteiger partial charge in [-0.1, -0.05) is 30.3 Å². The van der Waals surface area contributed by atoms with Gasteiger partial charge in [0.2, 0.25) is 0 Å². The average Bonchev–Trinajstić information content (AvgIpc) is 2.66. The number of halogens is 1. The van der Waals surface area contributed by atoms with Crippen molar-refractivity contribution in [1.29, 1.82) is 0 Å². The van der Waals surface area contributed by atoms with Gasteiger partial charge in [-0.05, 0) is 58.3 Å². The molecule has 4 N–H and O–H groups in total. The Kier molecular flexibility index (Phi) is 8.70. The summed E-state index contributed by atoms with van der Waals surface area (Å²) in [5, 5.41) is 6.81. The lowest BCUT2D eigenvalue weighted by atomic mass is 10.2. The molecule has 2 rings (SSSR count). The van der Waals surface area contributed by atoms with Crippen molar-refractivity contribution in [1.82, 2.24) is 10.7 Å². The van der Waals surface area contributed by atoms with E-state index in [0.717, 1.165) is 11.1 Å². The van der Waals surface area contributed by atoms with Crippen LogP contribution in [0.15, 0.2) is 52.0 Å². The van der Waals surface area contributed by atoms with Crippen molar-refractivity contribution in [2.45, 2.75) is 13.5 Å². The highest BCUT2D eigenvalue weighted by Crippen LogP contribution is 2.36. The molecule has 0 saturated heterocycles. The van der Waals surface area contributed by atoms with Crippen LogP contribution >= 0.6 is 28.1 Å². The maximum absolute atomic E-state index is 12.1. The van der Waals surface area contributed by atoms with Crippen LogP contribution in [0.1, 0.15) is 18.1 Å². The zero-order valence-corrected chi connectivity index (χ0v) is 17.7. The summed E-state index contributed by atoms with van der Waals surface area (Å²) < 4.78 is 11.9. The number of hydrogen-bond acceptors (Lipinski definition) is 5. The molecular formula is C19H21BrN4O3S. The van der Waals surface area contributed by atoms with E-state index in [2.05, 4.69) is 31.8 Å². The number of thiocarbonyl (C=S) groups is 1. The van der Waals surface area contributed by atoms with Gasteiger partial charge in [0, 0.05) is 6.54 Å². The quantitative estimate of drug-likeness (QED) is 0.299. The van der Waals surface area contributed by atoms with E-state index in [1.54, 1.807) is 18.3 Å². The summed E-state index contributed by atoms with van der Waals surface area (Å²) in [4.78, 5) is 12.1. The van der Waals surface area contributed by atoms with Crippen molar-refractivity contribution in [3.63, 3.8) is 0 Å². The van der Waals surface area contributed by atoms with Gasteiger partial charge in [-0.2, -0.15) is 5.10 Å². The van der Waals surface area contributed by atoms with E-state index in [4.69, 9.17) is 27.4 Å². The first-order chi connectivity index (χ1) is 13.5. The third-order valence-corrected chi connectivity index (χ3v) is 4.08. The molecule has 0 aliphatic rings. The minimum atomic E-state index is -0.232. The number of hydrogen-bond donors (Lipinski definition) is 3. The van der Waals surface area contributed by atoms with Crippen LogP contribution < -0.4 is 25.9 Å². The number of nitrogens with two attached hydrogens (primary N) is 1. The fourth-order valence-electron chi connectivity index (χ4n) is 2.22. The van der Waals surface area contributed by atoms with E-state index in [-0.39, 0.29) is 17.6 Å². The number of hydrazone groups is 1. The minimum absolute atomic E-state index is 0.0711. The summed E-state index contributed by atoms with van der Waals surface area (Å²) in [6.07, 6.45) is 1.54. The molecule has 0 fully saturated rings. The molecule has 0 spiro atoms. The Balaban J connectivity index is 2.01. The van der Waals surface area contributed by atoms with E-state index in [1.807, 2.05) is 37.3 Å². The van der Waals surface area contributed by atoms with Crippen molar-refractivity contribution in [3.05, 3.63) is 58.1 Å². The van der Waals surface area contributed by atoms with Gasteiger partial charge < -0.3 is 20.5 Å². The molecule has 9 heteroatoms. The highest BCUT2D eigenvalue weighted by atomic mass is 79.9. The Hall–Kier alpha value is -2.65. The zero-order chi connectivity index (χ0) is 20.4. The van der Waals surface area contributed by atoms with Crippen LogP contribution in [-0.4, -0.2) is 30.4 Å². The van der Waals surface area contributed by atoms with E-state index >= 15 is 0 Å². The van der Waals surface area contributed by atoms with Crippen molar-refractivity contribution < 1.29 is 14.3 Å². The third kappa shape index (κ3) is 7.16. The third-order valence-electron chi connectivity index (χ3n) is 3.40. The van der Waals surface area contributed by atoms with Gasteiger partial charge in [0.15, 0.2) is 23.2 Å². The number of carbonyl (C=O) groups is 1. The maximum Gasteiger partial charge on any atom is 0.258 e. The lowest BCUT2D eigenvalue weighted by molar-refractivity contribution is -0.123. The van der Waals surface area contributed by atoms with Gasteiger partial charge in [0.05, 0.1) is 17.3 Å². The number of carbonyl (C=O) groups excluding carboxylic acids is 1. The zero-order valence-electron chi connectivity index (χ0n) is 15.3. The first-order valence-electron chi connectivity index (χ1n) is 8.48. The van der Waals surface area contributed by atoms with Crippen LogP contribution in [0.5, 0.6) is 11.5 Å². The van der Waals surface area contributed by atoms with Gasteiger partial charge in [0.25, 0.3) is 5.91 Å². The van der Waals surface area contributed by atoms with E-state index in [0.29, 0.717) is 29.1 Å². The molecule has 2 aromatic rings. The first kappa shape index (κ1) is 21.6. The normalized spacial score (nSPS) is 10.5. The Labute approximate surface area is 177 Å². The van der Waals surface area contributed by atoms with Crippen molar-refractivity contribution >= 4 is 45.4 Å². The highest BCUT2D eigenvalue weighted by Gasteiger charge is 2.13. The molecule has 0 saturated carbocycles. The fourth-order valence-corrected chi connectivity index (χ4v) is 2.85. The molecule has 2 aromatic carbocycles. The van der Waals surface area contributed by atoms with Gasteiger partial charge in [-0.25, -0.2) is 0 Å². The minimum Gasteiger partial charge on any atom is -0.490 e. The van der Waals surface area contributed by atoms with E-state index in [1.165, 1.54) is 0 Å². The van der Waals surface area contributed by atoms with Crippen molar-refractivity contribution in [2.24, 2.45) is 10.8 Å². The van der Waals surface area contributed by atoms with Gasteiger partial charge in [-0.15, -0.1) is 0 Å². The van der Waals surface area contributed by atoms with Crippen LogP contribution in [0.2, 0.25) is 0 Å². The summed E-state index contributed by atoms with van der Waals surface area (Å²) >= 11 is 8.14. The summed E-state index contributed by atoms with van der Waals surface area (Å²) in [5.41, 5.74) is 9.57. The lowest BCUT2D eigenvalue weighted by Gasteiger charge is -2.14. The standard InChI is InChI=1S/C19H21BrN4O3S/c1-2-26-16-9-14(11-23-24-19(21)28)8-15(20)18(16)27-12-17(25)22-10-13-6-4-3-5-7-13/h3-9,11H,2,10,12H2,1H3,(H,22,25)(H3,21,24,28)/b23-11-. The SMILES string of the molecule is CCOc1cc(/C=N\NC(N)=S)cc(Br)c1OCC(=O)NCc1ccccc1. The van der Waals surface area contributed by atoms with Crippen LogP contribution in [0, 0.1) is 0 Å². The number of nitrogens with zero attached hydrogens (tertiary/aromatic N) is 1. The molecular weight excluding hydrogens is 444 g/mol. The Morgan fingerprint density at radius 2 is 2.04 bits per heavy atom. The van der Waals surface area contributed by atoms with Crippen LogP contribution in [0.25, 0.3) is 0 Å². The largest absolute Gasteiger partial charge is 0.490 e. The van der Waals surface area contributed by atoms with Gasteiger partial charge >= 0.3 is 0 Å². The smallest absolute Gasteiger partial charge is 0.258 e. The molecule has 0 radical (unpaired) electrons. The topological polar surface area (TPSA) is 98.0 Å². The molecule has 0 heterocycles. The van der Waals surface area contributed by atoms with Crippen LogP contribution in [0.4, 0.5) is 0 Å². The molecule has 7 nitrogen and oxygen atoms in total. The molecule has 28 heavy (non-hydrogen) atoms. The molecule has 0 aromatic heterocycles. The summed E-state index contributed by atoms with van der Waals surface area (Å²) in [6.45, 7) is 2.60. The van der Waals surface area contributed by atoms with Crippen molar-refractivity contribution in [3.8, 4) is 11.5 Å². The number of rotatable bonds is 9. The first-order valence-corrected chi connectivity index (χ1v) is 9.68. The van der Waals surface area contributed by atoms with Crippen LogP contribution in [0.3, 0.4) is 0 Å². The number of nitrogens with one attached hydrogen (secondary N) is 2. The Morgan fingerprint density at radius 1 is 1.29 bits per heavy atom. The van der Waals surface area contributed by atoms with Gasteiger partial charge in [-0.3, -0.25) is 10.2 Å². The number of amides is 1. The second-order valence-corrected chi connectivity index (χ2v) is 6.84. The molecule has 1 amide bonds. The molecule has 0 unspecified atom stereocenters. The fraction of sp³-hybridized carbons (Fsp3) is 0.211. The van der Waals surface area contributed by atoms with Crippen molar-refractivity contribution in [2.75, 3.05) is 13.2 Å². The summed E-state index contributed by atoms with van der Waals surface area (Å²) in [7, 11) is 0. The molecule has 148 valence electrons. The lowest BCUT2D eigenvalue weighted by Crippen LogP contribution is -2.28. The summed E-state index contributed by atoms with van der Waals surface area (Å²) in [6, 6.07) is 13.2. The monoisotopic (exact) mass is 464 g/mol. The predicted molar refractivity (Wildman–Crippen MR) is 117 cm³/mol. The molecule has 0 aliphatic heterocycles. The van der Waals surface area contributed by atoms with E-state index < -0.39 is 0 Å². The number of ether oxygens (including phenoxy) is 2. The second-order valence-electron chi connectivity index (χ2n) is 5.55. The highest BCUT2D eigenvalue weighted by molar-refractivity contribution is 9.10. The molecule has 0 bridgehead atoms. The Bertz CT molecular complexity index is 847. The average molecular weight is 465 g/mol. The van der Waals surface area contributed by atoms with E-state index in [9.17, 15) is 4.79 Å². The summed E-state index contributed by atoms with van der Waals surface area (Å²) in [5.74, 6) is 0.699. The predicted octanol–water partition coefficient (Wildman–Crippen LogP) is 2.71. The molecule has 0 atom stereocenters. The molecule has 0 aliphatic carbocycles. The van der Waals surface area contributed by atoms with Gasteiger partial charge in [0.1, 0.15) is 0 Å². The Morgan fingerprint density at radius 3 is 2.71 bits per heavy atom.